The summed E-state index contributed by atoms with van der Waals surface area (Å²) in [5.41, 5.74) is 8.47. The number of carbonyl (C=O) groups excluding carboxylic acids is 1. The van der Waals surface area contributed by atoms with E-state index in [1.54, 1.807) is 24.3 Å². The maximum absolute atomic E-state index is 11.2. The first-order chi connectivity index (χ1) is 15.6. The number of oxazole rings is 1. The van der Waals surface area contributed by atoms with Crippen molar-refractivity contribution < 1.29 is 13.9 Å². The number of primary amides is 1. The van der Waals surface area contributed by atoms with Gasteiger partial charge in [0.2, 0.25) is 5.91 Å². The Labute approximate surface area is 191 Å². The number of carbonyl (C=O) groups is 1. The van der Waals surface area contributed by atoms with Crippen molar-refractivity contribution in [2.75, 3.05) is 18.1 Å². The molecule has 0 saturated carbocycles. The summed E-state index contributed by atoms with van der Waals surface area (Å²) in [6, 6.07) is 23.0. The molecule has 0 fully saturated rings. The van der Waals surface area contributed by atoms with Crippen molar-refractivity contribution >= 4 is 34.6 Å². The number of unbranched alkanes of at least 4 members (excludes halogenated alkanes) is 1. The van der Waals surface area contributed by atoms with E-state index in [-0.39, 0.29) is 0 Å². The van der Waals surface area contributed by atoms with Gasteiger partial charge in [-0.05, 0) is 66.9 Å². The van der Waals surface area contributed by atoms with E-state index in [4.69, 9.17) is 26.5 Å². The van der Waals surface area contributed by atoms with E-state index < -0.39 is 5.91 Å². The molecule has 1 aromatic heterocycles. The van der Waals surface area contributed by atoms with Crippen LogP contribution in [0.15, 0.2) is 77.2 Å². The number of fused-ring (bicyclic) bond motifs is 1. The molecule has 0 saturated heterocycles. The third-order valence-electron chi connectivity index (χ3n) is 5.07. The van der Waals surface area contributed by atoms with E-state index in [1.165, 1.54) is 0 Å². The van der Waals surface area contributed by atoms with Gasteiger partial charge in [-0.15, -0.1) is 0 Å². The first-order valence-electron chi connectivity index (χ1n) is 10.5. The van der Waals surface area contributed by atoms with Crippen LogP contribution < -0.4 is 15.4 Å². The average molecular weight is 450 g/mol. The summed E-state index contributed by atoms with van der Waals surface area (Å²) < 4.78 is 11.8. The van der Waals surface area contributed by atoms with E-state index in [9.17, 15) is 4.79 Å². The van der Waals surface area contributed by atoms with Gasteiger partial charge in [-0.2, -0.15) is 4.98 Å². The van der Waals surface area contributed by atoms with Crippen LogP contribution in [0.1, 0.15) is 28.8 Å². The molecule has 4 rings (SSSR count). The lowest BCUT2D eigenvalue weighted by molar-refractivity contribution is 0.1000. The zero-order chi connectivity index (χ0) is 22.3. The highest BCUT2D eigenvalue weighted by molar-refractivity contribution is 6.30. The largest absolute Gasteiger partial charge is 0.494 e. The van der Waals surface area contributed by atoms with Gasteiger partial charge in [-0.3, -0.25) is 4.79 Å². The predicted octanol–water partition coefficient (Wildman–Crippen LogP) is 5.45. The van der Waals surface area contributed by atoms with Gasteiger partial charge < -0.3 is 19.8 Å². The van der Waals surface area contributed by atoms with Crippen LogP contribution in [0.5, 0.6) is 5.75 Å². The van der Waals surface area contributed by atoms with E-state index >= 15 is 0 Å². The average Bonchev–Trinajstić information content (AvgIpc) is 3.24. The summed E-state index contributed by atoms with van der Waals surface area (Å²) in [4.78, 5) is 17.9. The molecule has 1 amide bonds. The Kier molecular flexibility index (Phi) is 6.92. The van der Waals surface area contributed by atoms with Crippen LogP contribution in [0.3, 0.4) is 0 Å². The highest BCUT2D eigenvalue weighted by atomic mass is 35.5. The van der Waals surface area contributed by atoms with Gasteiger partial charge in [0.05, 0.1) is 6.61 Å². The Morgan fingerprint density at radius 2 is 1.75 bits per heavy atom. The fourth-order valence-corrected chi connectivity index (χ4v) is 3.48. The molecular weight excluding hydrogens is 426 g/mol. The lowest BCUT2D eigenvalue weighted by Gasteiger charge is -2.21. The molecule has 164 valence electrons. The molecule has 4 aromatic rings. The highest BCUT2D eigenvalue weighted by Gasteiger charge is 2.14. The van der Waals surface area contributed by atoms with Gasteiger partial charge in [0.15, 0.2) is 5.58 Å². The normalized spacial score (nSPS) is 10.9. The summed E-state index contributed by atoms with van der Waals surface area (Å²) >= 11 is 6.03. The first kappa shape index (κ1) is 21.7. The van der Waals surface area contributed by atoms with Crippen molar-refractivity contribution in [3.63, 3.8) is 0 Å². The minimum Gasteiger partial charge on any atom is -0.494 e. The van der Waals surface area contributed by atoms with Crippen molar-refractivity contribution in [2.24, 2.45) is 5.73 Å². The number of anilines is 1. The number of nitrogens with two attached hydrogens (primary N) is 1. The number of nitrogens with zero attached hydrogens (tertiary/aromatic N) is 2. The van der Waals surface area contributed by atoms with Gasteiger partial charge in [0, 0.05) is 23.7 Å². The number of amides is 1. The quantitative estimate of drug-likeness (QED) is 0.326. The van der Waals surface area contributed by atoms with Crippen molar-refractivity contribution in [1.82, 2.24) is 4.98 Å². The van der Waals surface area contributed by atoms with Gasteiger partial charge in [0.1, 0.15) is 11.3 Å². The summed E-state index contributed by atoms with van der Waals surface area (Å²) in [6.45, 7) is 2.00. The predicted molar refractivity (Wildman–Crippen MR) is 126 cm³/mol. The summed E-state index contributed by atoms with van der Waals surface area (Å²) in [7, 11) is 0. The fraction of sp³-hybridized carbons (Fsp3) is 0.200. The fourth-order valence-electron chi connectivity index (χ4n) is 3.36. The number of halogens is 1. The second-order valence-electron chi connectivity index (χ2n) is 7.46. The molecule has 3 aromatic carbocycles. The summed E-state index contributed by atoms with van der Waals surface area (Å²) in [5, 5.41) is 0.711. The number of rotatable bonds is 10. The molecule has 0 atom stereocenters. The number of hydrogen-bond donors (Lipinski definition) is 1. The number of para-hydroxylation sites is 2. The third kappa shape index (κ3) is 5.59. The molecule has 6 nitrogen and oxygen atoms in total. The molecule has 7 heteroatoms. The smallest absolute Gasteiger partial charge is 0.298 e. The van der Waals surface area contributed by atoms with Crippen LogP contribution in [-0.4, -0.2) is 24.0 Å². The molecule has 32 heavy (non-hydrogen) atoms. The Bertz CT molecular complexity index is 1140. The van der Waals surface area contributed by atoms with Crippen LogP contribution in [0, 0.1) is 0 Å². The Balaban J connectivity index is 1.36. The number of hydrogen-bond acceptors (Lipinski definition) is 5. The standard InChI is InChI=1S/C25H24ClN3O3/c26-20-11-7-18(8-12-20)17-29(25-28-22-5-1-2-6-23(22)32-25)15-3-4-16-31-21-13-9-19(10-14-21)24(27)30/h1-2,5-14H,3-4,15-17H2,(H2,27,30). The maximum atomic E-state index is 11.2. The summed E-state index contributed by atoms with van der Waals surface area (Å²) in [5.74, 6) is 0.267. The SMILES string of the molecule is NC(=O)c1ccc(OCCCCN(Cc2ccc(Cl)cc2)c2nc3ccccc3o2)cc1. The van der Waals surface area contributed by atoms with Crippen molar-refractivity contribution in [3.8, 4) is 5.75 Å². The minimum atomic E-state index is -0.448. The molecule has 0 aliphatic heterocycles. The van der Waals surface area contributed by atoms with E-state index in [1.807, 2.05) is 48.5 Å². The lowest BCUT2D eigenvalue weighted by atomic mass is 10.2. The highest BCUT2D eigenvalue weighted by Crippen LogP contribution is 2.24. The molecule has 0 aliphatic carbocycles. The summed E-state index contributed by atoms with van der Waals surface area (Å²) in [6.07, 6.45) is 1.75. The van der Waals surface area contributed by atoms with Crippen molar-refractivity contribution in [3.05, 3.63) is 88.9 Å². The molecule has 0 spiro atoms. The molecule has 0 radical (unpaired) electrons. The van der Waals surface area contributed by atoms with E-state index in [0.717, 1.165) is 36.0 Å². The Hall–Kier alpha value is -3.51. The van der Waals surface area contributed by atoms with Gasteiger partial charge in [-0.25, -0.2) is 0 Å². The molecule has 0 aliphatic rings. The number of benzene rings is 3. The van der Waals surface area contributed by atoms with Crippen molar-refractivity contribution in [1.29, 1.82) is 0 Å². The number of aromatic nitrogens is 1. The van der Waals surface area contributed by atoms with Crippen LogP contribution >= 0.6 is 11.6 Å². The van der Waals surface area contributed by atoms with Crippen LogP contribution in [-0.2, 0) is 6.54 Å². The van der Waals surface area contributed by atoms with Crippen molar-refractivity contribution in [2.45, 2.75) is 19.4 Å². The zero-order valence-corrected chi connectivity index (χ0v) is 18.3. The number of ether oxygens (including phenoxy) is 1. The van der Waals surface area contributed by atoms with Crippen LogP contribution in [0.4, 0.5) is 6.01 Å². The first-order valence-corrected chi connectivity index (χ1v) is 10.8. The zero-order valence-electron chi connectivity index (χ0n) is 17.5. The minimum absolute atomic E-state index is 0.448. The van der Waals surface area contributed by atoms with Gasteiger partial charge in [-0.1, -0.05) is 35.9 Å². The molecular formula is C25H24ClN3O3. The Morgan fingerprint density at radius 1 is 1.00 bits per heavy atom. The van der Waals surface area contributed by atoms with Crippen LogP contribution in [0.2, 0.25) is 5.02 Å². The van der Waals surface area contributed by atoms with Gasteiger partial charge >= 0.3 is 0 Å². The van der Waals surface area contributed by atoms with E-state index in [2.05, 4.69) is 9.88 Å². The lowest BCUT2D eigenvalue weighted by Crippen LogP contribution is -2.24. The molecule has 0 bridgehead atoms. The monoisotopic (exact) mass is 449 g/mol. The molecule has 1 heterocycles. The maximum Gasteiger partial charge on any atom is 0.298 e. The topological polar surface area (TPSA) is 81.6 Å². The second-order valence-corrected chi connectivity index (χ2v) is 7.89. The van der Waals surface area contributed by atoms with Crippen LogP contribution in [0.25, 0.3) is 11.1 Å². The van der Waals surface area contributed by atoms with Gasteiger partial charge in [0.25, 0.3) is 6.01 Å². The molecule has 0 unspecified atom stereocenters. The molecule has 2 N–H and O–H groups in total. The third-order valence-corrected chi connectivity index (χ3v) is 5.32. The second kappa shape index (κ2) is 10.2. The Morgan fingerprint density at radius 3 is 2.47 bits per heavy atom. The van der Waals surface area contributed by atoms with E-state index in [0.29, 0.717) is 35.5 Å².